The Balaban J connectivity index is 2.96. The highest BCUT2D eigenvalue weighted by molar-refractivity contribution is 6.35. The molecule has 11 heavy (non-hydrogen) atoms. The van der Waals surface area contributed by atoms with Crippen molar-refractivity contribution >= 4 is 23.2 Å². The van der Waals surface area contributed by atoms with Crippen molar-refractivity contribution in [2.45, 2.75) is 6.42 Å². The minimum Gasteiger partial charge on any atom is -0.392 e. The lowest BCUT2D eigenvalue weighted by molar-refractivity contribution is 0.334. The Kier molecular flexibility index (Phi) is 3.18. The van der Waals surface area contributed by atoms with Gasteiger partial charge in [-0.3, -0.25) is 0 Å². The van der Waals surface area contributed by atoms with Crippen molar-refractivity contribution in [2.24, 2.45) is 0 Å². The molecule has 0 radical (unpaired) electrons. The molecule has 1 aliphatic carbocycles. The number of hydrogen-bond acceptors (Lipinski definition) is 1. The van der Waals surface area contributed by atoms with Crippen LogP contribution in [0.15, 0.2) is 33.9 Å². The first kappa shape index (κ1) is 8.85. The monoisotopic (exact) mass is 190 g/mol. The zero-order valence-corrected chi connectivity index (χ0v) is 7.36. The normalized spacial score (nSPS) is 18.3. The Morgan fingerprint density at radius 1 is 1.45 bits per heavy atom. The number of allylic oxidation sites excluding steroid dienone is 4. The van der Waals surface area contributed by atoms with E-state index in [9.17, 15) is 0 Å². The van der Waals surface area contributed by atoms with Crippen LogP contribution in [-0.2, 0) is 0 Å². The third kappa shape index (κ3) is 2.37. The van der Waals surface area contributed by atoms with Crippen molar-refractivity contribution in [3.63, 3.8) is 0 Å². The van der Waals surface area contributed by atoms with Gasteiger partial charge in [-0.2, -0.15) is 0 Å². The van der Waals surface area contributed by atoms with Gasteiger partial charge in [-0.25, -0.2) is 0 Å². The average Bonchev–Trinajstić information content (AvgIpc) is 2.11. The zero-order chi connectivity index (χ0) is 8.27. The van der Waals surface area contributed by atoms with Crippen LogP contribution < -0.4 is 0 Å². The van der Waals surface area contributed by atoms with Gasteiger partial charge in [0.2, 0.25) is 0 Å². The molecule has 1 N–H and O–H groups in total. The smallest absolute Gasteiger partial charge is 0.0696 e. The Bertz CT molecular complexity index is 238. The standard InChI is InChI=1S/C8H8Cl2O/c9-7-3-1-2-6(5-11)8(10)4-7/h1-2,4,11H,3,5H2. The molecule has 0 aromatic rings. The van der Waals surface area contributed by atoms with Crippen LogP contribution >= 0.6 is 23.2 Å². The maximum Gasteiger partial charge on any atom is 0.0696 e. The highest BCUT2D eigenvalue weighted by Crippen LogP contribution is 2.22. The maximum atomic E-state index is 8.81. The van der Waals surface area contributed by atoms with Crippen LogP contribution in [-0.4, -0.2) is 11.7 Å². The van der Waals surface area contributed by atoms with E-state index in [4.69, 9.17) is 28.3 Å². The van der Waals surface area contributed by atoms with Gasteiger partial charge in [0.05, 0.1) is 6.61 Å². The van der Waals surface area contributed by atoms with E-state index in [0.29, 0.717) is 22.1 Å². The van der Waals surface area contributed by atoms with Gasteiger partial charge in [-0.05, 0) is 11.6 Å². The van der Waals surface area contributed by atoms with Crippen molar-refractivity contribution < 1.29 is 5.11 Å². The van der Waals surface area contributed by atoms with Crippen molar-refractivity contribution in [3.8, 4) is 0 Å². The molecule has 60 valence electrons. The second kappa shape index (κ2) is 3.96. The number of halogens is 2. The second-order valence-corrected chi connectivity index (χ2v) is 3.12. The molecule has 0 saturated carbocycles. The molecule has 0 aromatic carbocycles. The summed E-state index contributed by atoms with van der Waals surface area (Å²) in [7, 11) is 0. The summed E-state index contributed by atoms with van der Waals surface area (Å²) in [5.74, 6) is 0. The molecule has 0 aromatic heterocycles. The van der Waals surface area contributed by atoms with E-state index in [-0.39, 0.29) is 6.61 Å². The lowest BCUT2D eigenvalue weighted by atomic mass is 10.2. The summed E-state index contributed by atoms with van der Waals surface area (Å²) < 4.78 is 0. The largest absolute Gasteiger partial charge is 0.392 e. The molecule has 0 aliphatic heterocycles. The molecular weight excluding hydrogens is 183 g/mol. The highest BCUT2D eigenvalue weighted by atomic mass is 35.5. The van der Waals surface area contributed by atoms with Crippen molar-refractivity contribution in [2.75, 3.05) is 6.61 Å². The summed E-state index contributed by atoms with van der Waals surface area (Å²) >= 11 is 11.5. The quantitative estimate of drug-likeness (QED) is 0.675. The molecule has 1 rings (SSSR count). The van der Waals surface area contributed by atoms with Gasteiger partial charge in [-0.15, -0.1) is 0 Å². The summed E-state index contributed by atoms with van der Waals surface area (Å²) in [5.41, 5.74) is 0.710. The van der Waals surface area contributed by atoms with E-state index >= 15 is 0 Å². The lowest BCUT2D eigenvalue weighted by Crippen LogP contribution is -1.86. The Morgan fingerprint density at radius 3 is 2.82 bits per heavy atom. The van der Waals surface area contributed by atoms with Crippen molar-refractivity contribution in [1.29, 1.82) is 0 Å². The summed E-state index contributed by atoms with van der Waals surface area (Å²) in [4.78, 5) is 0. The van der Waals surface area contributed by atoms with Crippen LogP contribution in [0.4, 0.5) is 0 Å². The van der Waals surface area contributed by atoms with Crippen LogP contribution in [0.25, 0.3) is 0 Å². The summed E-state index contributed by atoms with van der Waals surface area (Å²) in [6, 6.07) is 0. The molecule has 1 aliphatic rings. The average molecular weight is 191 g/mol. The van der Waals surface area contributed by atoms with Crippen LogP contribution in [0.2, 0.25) is 0 Å². The molecule has 0 fully saturated rings. The number of aliphatic hydroxyl groups excluding tert-OH is 1. The third-order valence-corrected chi connectivity index (χ3v) is 2.01. The molecule has 0 amide bonds. The zero-order valence-electron chi connectivity index (χ0n) is 5.85. The number of rotatable bonds is 1. The van der Waals surface area contributed by atoms with E-state index in [1.807, 2.05) is 6.08 Å². The first-order valence-corrected chi connectivity index (χ1v) is 4.01. The number of hydrogen-bond donors (Lipinski definition) is 1. The van der Waals surface area contributed by atoms with Gasteiger partial charge in [0.1, 0.15) is 0 Å². The fraction of sp³-hybridized carbons (Fsp3) is 0.250. The van der Waals surface area contributed by atoms with Gasteiger partial charge in [0.15, 0.2) is 0 Å². The first-order valence-electron chi connectivity index (χ1n) is 3.26. The first-order chi connectivity index (χ1) is 5.24. The fourth-order valence-electron chi connectivity index (χ4n) is 0.811. The Morgan fingerprint density at radius 2 is 2.18 bits per heavy atom. The van der Waals surface area contributed by atoms with Crippen molar-refractivity contribution in [1.82, 2.24) is 0 Å². The van der Waals surface area contributed by atoms with E-state index in [1.54, 1.807) is 12.2 Å². The second-order valence-electron chi connectivity index (χ2n) is 2.23. The van der Waals surface area contributed by atoms with E-state index in [0.717, 1.165) is 0 Å². The maximum absolute atomic E-state index is 8.81. The lowest BCUT2D eigenvalue weighted by Gasteiger charge is -1.95. The molecule has 1 nitrogen and oxygen atoms in total. The Hall–Kier alpha value is -0.240. The molecule has 0 unspecified atom stereocenters. The summed E-state index contributed by atoms with van der Waals surface area (Å²) in [5, 5.41) is 10.0. The predicted molar refractivity (Wildman–Crippen MR) is 47.7 cm³/mol. The minimum atomic E-state index is -0.0456. The van der Waals surface area contributed by atoms with Gasteiger partial charge >= 0.3 is 0 Å². The SMILES string of the molecule is OCC1=C(Cl)C=C(Cl)CC=C1. The Labute approximate surface area is 75.6 Å². The van der Waals surface area contributed by atoms with Crippen LogP contribution in [0.3, 0.4) is 0 Å². The van der Waals surface area contributed by atoms with Crippen LogP contribution in [0, 0.1) is 0 Å². The molecule has 3 heteroatoms. The highest BCUT2D eigenvalue weighted by Gasteiger charge is 2.02. The fourth-order valence-corrected chi connectivity index (χ4v) is 1.32. The third-order valence-electron chi connectivity index (χ3n) is 1.39. The van der Waals surface area contributed by atoms with Gasteiger partial charge < -0.3 is 5.11 Å². The number of aliphatic hydroxyl groups is 1. The minimum absolute atomic E-state index is 0.0456. The van der Waals surface area contributed by atoms with Crippen LogP contribution in [0.5, 0.6) is 0 Å². The van der Waals surface area contributed by atoms with Gasteiger partial charge in [-0.1, -0.05) is 35.4 Å². The van der Waals surface area contributed by atoms with Crippen molar-refractivity contribution in [3.05, 3.63) is 33.9 Å². The molecule has 0 atom stereocenters. The molecule has 0 bridgehead atoms. The van der Waals surface area contributed by atoms with Gasteiger partial charge in [0, 0.05) is 16.5 Å². The van der Waals surface area contributed by atoms with E-state index in [2.05, 4.69) is 0 Å². The topological polar surface area (TPSA) is 20.2 Å². The van der Waals surface area contributed by atoms with Crippen LogP contribution in [0.1, 0.15) is 6.42 Å². The molecule has 0 heterocycles. The summed E-state index contributed by atoms with van der Waals surface area (Å²) in [6.07, 6.45) is 6.00. The van der Waals surface area contributed by atoms with Gasteiger partial charge in [0.25, 0.3) is 0 Å². The summed E-state index contributed by atoms with van der Waals surface area (Å²) in [6.45, 7) is -0.0456. The molecule has 0 saturated heterocycles. The molecular formula is C8H8Cl2O. The predicted octanol–water partition coefficient (Wildman–Crippen LogP) is 2.55. The molecule has 0 spiro atoms. The van der Waals surface area contributed by atoms with E-state index < -0.39 is 0 Å². The van der Waals surface area contributed by atoms with E-state index in [1.165, 1.54) is 0 Å².